The molecule has 0 bridgehead atoms. The highest BCUT2D eigenvalue weighted by atomic mass is 19.1. The zero-order chi connectivity index (χ0) is 18.1. The number of halogens is 1. The second kappa shape index (κ2) is 6.47. The van der Waals surface area contributed by atoms with Crippen LogP contribution in [0.2, 0.25) is 0 Å². The number of aromatic nitrogens is 3. The van der Waals surface area contributed by atoms with Crippen LogP contribution in [0.1, 0.15) is 25.2 Å². The van der Waals surface area contributed by atoms with Gasteiger partial charge in [-0.3, -0.25) is 4.98 Å². The molecule has 0 amide bonds. The summed E-state index contributed by atoms with van der Waals surface area (Å²) >= 11 is 0. The summed E-state index contributed by atoms with van der Waals surface area (Å²) in [6, 6.07) is 5.76. The molecule has 0 radical (unpaired) electrons. The molecule has 0 unspecified atom stereocenters. The Kier molecular flexibility index (Phi) is 4.35. The van der Waals surface area contributed by atoms with Gasteiger partial charge in [-0.15, -0.1) is 0 Å². The highest BCUT2D eigenvalue weighted by molar-refractivity contribution is 5.81. The van der Waals surface area contributed by atoms with Crippen molar-refractivity contribution in [3.8, 4) is 11.3 Å². The smallest absolute Gasteiger partial charge is 0.345 e. The van der Waals surface area contributed by atoms with Crippen LogP contribution in [0.15, 0.2) is 45.9 Å². The fraction of sp³-hybridized carbons (Fsp3) is 0.211. The lowest BCUT2D eigenvalue weighted by Gasteiger charge is -1.99. The lowest BCUT2D eigenvalue weighted by molar-refractivity contribution is 0.556. The van der Waals surface area contributed by atoms with Crippen LogP contribution in [0.3, 0.4) is 0 Å². The summed E-state index contributed by atoms with van der Waals surface area (Å²) in [5.41, 5.74) is 2.84. The largest absolute Gasteiger partial charge is 0.422 e. The van der Waals surface area contributed by atoms with Gasteiger partial charge in [0.15, 0.2) is 5.65 Å². The van der Waals surface area contributed by atoms with E-state index in [0.29, 0.717) is 22.3 Å². The van der Waals surface area contributed by atoms with Crippen LogP contribution in [0.4, 0.5) is 4.39 Å². The zero-order valence-electron chi connectivity index (χ0n) is 14.5. The van der Waals surface area contributed by atoms with Gasteiger partial charge < -0.3 is 8.82 Å². The van der Waals surface area contributed by atoms with Gasteiger partial charge in [-0.1, -0.05) is 13.8 Å². The van der Waals surface area contributed by atoms with Gasteiger partial charge in [0.05, 0.1) is 22.6 Å². The van der Waals surface area contributed by atoms with Gasteiger partial charge in [0, 0.05) is 23.8 Å². The monoisotopic (exact) mass is 339 g/mol. The van der Waals surface area contributed by atoms with Gasteiger partial charge in [0.1, 0.15) is 11.4 Å². The molecule has 4 rings (SSSR count). The van der Waals surface area contributed by atoms with Crippen molar-refractivity contribution in [3.63, 3.8) is 0 Å². The molecular formula is C19H18FN3O2. The Morgan fingerprint density at radius 3 is 2.60 bits per heavy atom. The lowest BCUT2D eigenvalue weighted by atomic mass is 10.1. The number of imidazole rings is 1. The number of aryl methyl sites for hydroxylation is 2. The van der Waals surface area contributed by atoms with Crippen LogP contribution in [0.5, 0.6) is 0 Å². The summed E-state index contributed by atoms with van der Waals surface area (Å²) in [6.07, 6.45) is 3.61. The van der Waals surface area contributed by atoms with Crippen molar-refractivity contribution in [1.29, 1.82) is 0 Å². The maximum absolute atomic E-state index is 13.2. The van der Waals surface area contributed by atoms with E-state index in [1.54, 1.807) is 18.3 Å². The summed E-state index contributed by atoms with van der Waals surface area (Å²) in [6.45, 7) is 7.76. The maximum atomic E-state index is 13.2. The highest BCUT2D eigenvalue weighted by Crippen LogP contribution is 2.22. The summed E-state index contributed by atoms with van der Waals surface area (Å²) < 4.78 is 20.3. The average molecular weight is 339 g/mol. The summed E-state index contributed by atoms with van der Waals surface area (Å²) in [4.78, 5) is 21.1. The molecule has 1 aromatic carbocycles. The van der Waals surface area contributed by atoms with E-state index in [0.717, 1.165) is 11.4 Å². The fourth-order valence-corrected chi connectivity index (χ4v) is 2.70. The molecule has 0 aliphatic carbocycles. The Bertz CT molecular complexity index is 1130. The molecule has 3 heterocycles. The summed E-state index contributed by atoms with van der Waals surface area (Å²) in [5, 5.41) is 0.643. The minimum absolute atomic E-state index is 0.219. The predicted octanol–water partition coefficient (Wildman–Crippen LogP) is 4.28. The zero-order valence-corrected chi connectivity index (χ0v) is 14.5. The molecule has 0 fully saturated rings. The van der Waals surface area contributed by atoms with Gasteiger partial charge in [-0.05, 0) is 32.0 Å². The van der Waals surface area contributed by atoms with Crippen LogP contribution in [-0.2, 0) is 0 Å². The van der Waals surface area contributed by atoms with Crippen LogP contribution in [0.25, 0.3) is 27.9 Å². The van der Waals surface area contributed by atoms with Crippen molar-refractivity contribution in [2.24, 2.45) is 0 Å². The predicted molar refractivity (Wildman–Crippen MR) is 95.2 cm³/mol. The molecule has 0 saturated carbocycles. The van der Waals surface area contributed by atoms with E-state index in [4.69, 9.17) is 4.42 Å². The maximum Gasteiger partial charge on any atom is 0.345 e. The normalized spacial score (nSPS) is 10.8. The van der Waals surface area contributed by atoms with E-state index in [-0.39, 0.29) is 5.58 Å². The van der Waals surface area contributed by atoms with Gasteiger partial charge in [0.25, 0.3) is 0 Å². The number of benzene rings is 1. The van der Waals surface area contributed by atoms with Crippen molar-refractivity contribution in [2.45, 2.75) is 27.7 Å². The molecule has 4 aromatic rings. The summed E-state index contributed by atoms with van der Waals surface area (Å²) in [7, 11) is 0. The van der Waals surface area contributed by atoms with Crippen LogP contribution in [-0.4, -0.2) is 14.4 Å². The van der Waals surface area contributed by atoms with Gasteiger partial charge in [0.2, 0.25) is 0 Å². The van der Waals surface area contributed by atoms with Crippen molar-refractivity contribution in [1.82, 2.24) is 14.4 Å². The van der Waals surface area contributed by atoms with Crippen LogP contribution >= 0.6 is 0 Å². The Morgan fingerprint density at radius 1 is 1.08 bits per heavy atom. The Hall–Kier alpha value is -3.02. The van der Waals surface area contributed by atoms with Crippen LogP contribution in [0, 0.1) is 19.7 Å². The van der Waals surface area contributed by atoms with Gasteiger partial charge in [-0.2, -0.15) is 0 Å². The molecule has 0 spiro atoms. The Morgan fingerprint density at radius 2 is 1.84 bits per heavy atom. The topological polar surface area (TPSA) is 60.4 Å². The first kappa shape index (κ1) is 16.8. The van der Waals surface area contributed by atoms with Crippen LogP contribution < -0.4 is 5.63 Å². The summed E-state index contributed by atoms with van der Waals surface area (Å²) in [5.74, 6) is -0.446. The number of hydrogen-bond donors (Lipinski definition) is 0. The highest BCUT2D eigenvalue weighted by Gasteiger charge is 2.13. The van der Waals surface area contributed by atoms with E-state index in [1.807, 2.05) is 38.3 Å². The molecule has 6 heteroatoms. The Labute approximate surface area is 143 Å². The van der Waals surface area contributed by atoms with E-state index < -0.39 is 11.4 Å². The van der Waals surface area contributed by atoms with E-state index in [2.05, 4.69) is 9.97 Å². The molecule has 3 aromatic heterocycles. The van der Waals surface area contributed by atoms with Gasteiger partial charge >= 0.3 is 5.63 Å². The minimum atomic E-state index is -0.547. The standard InChI is InChI=1S/C17H12FN3O2.C2H6/c1-9-7-21-8-14(20-16(21)10(2)19-9)13-5-11-3-4-12(18)6-15(11)23-17(13)22;1-2/h3-8H,1-2H3;1-2H3. The van der Waals surface area contributed by atoms with E-state index >= 15 is 0 Å². The van der Waals surface area contributed by atoms with E-state index in [9.17, 15) is 9.18 Å². The van der Waals surface area contributed by atoms with E-state index in [1.165, 1.54) is 12.1 Å². The molecule has 0 atom stereocenters. The molecule has 5 nitrogen and oxygen atoms in total. The average Bonchev–Trinajstić information content (AvgIpc) is 3.00. The molecule has 25 heavy (non-hydrogen) atoms. The van der Waals surface area contributed by atoms with Crippen molar-refractivity contribution < 1.29 is 8.81 Å². The first-order valence-corrected chi connectivity index (χ1v) is 8.08. The number of nitrogens with zero attached hydrogens (tertiary/aromatic N) is 3. The second-order valence-corrected chi connectivity index (χ2v) is 5.45. The third-order valence-electron chi connectivity index (χ3n) is 3.70. The van der Waals surface area contributed by atoms with Gasteiger partial charge in [-0.25, -0.2) is 14.2 Å². The first-order valence-electron chi connectivity index (χ1n) is 8.08. The third kappa shape index (κ3) is 3.03. The second-order valence-electron chi connectivity index (χ2n) is 5.45. The SMILES string of the molecule is CC.Cc1cn2cc(-c3cc4ccc(F)cc4oc3=O)nc2c(C)n1. The van der Waals surface area contributed by atoms with Crippen molar-refractivity contribution >= 4 is 16.6 Å². The Balaban J connectivity index is 0.000000880. The quantitative estimate of drug-likeness (QED) is 0.486. The van der Waals surface area contributed by atoms with Crippen molar-refractivity contribution in [3.05, 3.63) is 64.3 Å². The fourth-order valence-electron chi connectivity index (χ4n) is 2.70. The molecule has 0 saturated heterocycles. The number of hydrogen-bond acceptors (Lipinski definition) is 4. The molecule has 0 aliphatic heterocycles. The number of fused-ring (bicyclic) bond motifs is 2. The number of rotatable bonds is 1. The lowest BCUT2D eigenvalue weighted by Crippen LogP contribution is -2.02. The molecule has 0 aliphatic rings. The first-order chi connectivity index (χ1) is 12.0. The van der Waals surface area contributed by atoms with Crippen molar-refractivity contribution in [2.75, 3.05) is 0 Å². The molecular weight excluding hydrogens is 321 g/mol. The third-order valence-corrected chi connectivity index (χ3v) is 3.70. The molecule has 128 valence electrons. The minimum Gasteiger partial charge on any atom is -0.422 e. The molecule has 0 N–H and O–H groups in total.